The van der Waals surface area contributed by atoms with E-state index in [1.165, 1.54) is 29.9 Å². The van der Waals surface area contributed by atoms with Gasteiger partial charge in [0.2, 0.25) is 0 Å². The SMILES string of the molecule is O=C(NCc1cc(-c2cccs2)n(C2CCCC2)n1)c1ccccc1F. The summed E-state index contributed by atoms with van der Waals surface area (Å²) in [5.74, 6) is -0.933. The van der Waals surface area contributed by atoms with Crippen molar-refractivity contribution >= 4 is 17.2 Å². The number of carbonyl (C=O) groups excluding carboxylic acids is 1. The van der Waals surface area contributed by atoms with Crippen LogP contribution in [0.2, 0.25) is 0 Å². The maximum absolute atomic E-state index is 13.7. The zero-order chi connectivity index (χ0) is 17.9. The number of thiophene rings is 1. The largest absolute Gasteiger partial charge is 0.346 e. The number of carbonyl (C=O) groups is 1. The quantitative estimate of drug-likeness (QED) is 0.702. The minimum absolute atomic E-state index is 0.0567. The average molecular weight is 369 g/mol. The van der Waals surface area contributed by atoms with Gasteiger partial charge in [-0.2, -0.15) is 5.10 Å². The fourth-order valence-electron chi connectivity index (χ4n) is 3.48. The van der Waals surface area contributed by atoms with E-state index in [0.29, 0.717) is 6.04 Å². The van der Waals surface area contributed by atoms with Gasteiger partial charge in [-0.1, -0.05) is 31.0 Å². The monoisotopic (exact) mass is 369 g/mol. The van der Waals surface area contributed by atoms with Crippen LogP contribution in [0.15, 0.2) is 47.8 Å². The van der Waals surface area contributed by atoms with Crippen LogP contribution in [0.1, 0.15) is 47.8 Å². The number of nitrogens with one attached hydrogen (secondary N) is 1. The fourth-order valence-corrected chi connectivity index (χ4v) is 4.21. The Hall–Kier alpha value is -2.47. The molecule has 0 atom stereocenters. The van der Waals surface area contributed by atoms with E-state index in [1.807, 2.05) is 12.1 Å². The van der Waals surface area contributed by atoms with Crippen molar-refractivity contribution in [3.8, 4) is 10.6 Å². The van der Waals surface area contributed by atoms with Crippen LogP contribution in [0.25, 0.3) is 10.6 Å². The molecule has 6 heteroatoms. The van der Waals surface area contributed by atoms with Gasteiger partial charge in [0.05, 0.1) is 34.4 Å². The van der Waals surface area contributed by atoms with Crippen molar-refractivity contribution in [2.75, 3.05) is 0 Å². The number of benzene rings is 1. The molecule has 0 spiro atoms. The van der Waals surface area contributed by atoms with Crippen LogP contribution in [0, 0.1) is 5.82 Å². The predicted molar refractivity (Wildman–Crippen MR) is 101 cm³/mol. The van der Waals surface area contributed by atoms with Crippen LogP contribution in [0.5, 0.6) is 0 Å². The van der Waals surface area contributed by atoms with E-state index in [1.54, 1.807) is 23.5 Å². The van der Waals surface area contributed by atoms with Gasteiger partial charge in [-0.15, -0.1) is 11.3 Å². The molecule has 2 heterocycles. The zero-order valence-corrected chi connectivity index (χ0v) is 15.1. The minimum Gasteiger partial charge on any atom is -0.346 e. The van der Waals surface area contributed by atoms with E-state index in [9.17, 15) is 9.18 Å². The molecule has 1 N–H and O–H groups in total. The zero-order valence-electron chi connectivity index (χ0n) is 14.3. The number of amides is 1. The van der Waals surface area contributed by atoms with E-state index < -0.39 is 11.7 Å². The Kier molecular flexibility index (Phi) is 4.84. The highest BCUT2D eigenvalue weighted by molar-refractivity contribution is 7.13. The Balaban J connectivity index is 1.54. The Labute approximate surface area is 155 Å². The minimum atomic E-state index is -0.513. The topological polar surface area (TPSA) is 46.9 Å². The number of hydrogen-bond donors (Lipinski definition) is 1. The summed E-state index contributed by atoms with van der Waals surface area (Å²) in [6, 6.07) is 12.6. The summed E-state index contributed by atoms with van der Waals surface area (Å²) in [5, 5.41) is 9.59. The van der Waals surface area contributed by atoms with Crippen molar-refractivity contribution in [1.82, 2.24) is 15.1 Å². The Morgan fingerprint density at radius 3 is 2.77 bits per heavy atom. The first-order chi connectivity index (χ1) is 12.7. The maximum Gasteiger partial charge on any atom is 0.254 e. The number of rotatable bonds is 5. The highest BCUT2D eigenvalue weighted by atomic mass is 32.1. The lowest BCUT2D eigenvalue weighted by Crippen LogP contribution is -2.24. The second-order valence-electron chi connectivity index (χ2n) is 6.54. The molecule has 3 aromatic rings. The van der Waals surface area contributed by atoms with Crippen LogP contribution in [-0.2, 0) is 6.54 Å². The van der Waals surface area contributed by atoms with Crippen LogP contribution >= 0.6 is 11.3 Å². The molecule has 1 aliphatic carbocycles. The summed E-state index contributed by atoms with van der Waals surface area (Å²) >= 11 is 1.69. The molecule has 1 aliphatic rings. The van der Waals surface area contributed by atoms with Gasteiger partial charge in [0.25, 0.3) is 5.91 Å². The van der Waals surface area contributed by atoms with Crippen molar-refractivity contribution in [3.63, 3.8) is 0 Å². The molecule has 4 nitrogen and oxygen atoms in total. The first kappa shape index (κ1) is 17.0. The summed E-state index contributed by atoms with van der Waals surface area (Å²) in [6.07, 6.45) is 4.74. The molecule has 26 heavy (non-hydrogen) atoms. The first-order valence-electron chi connectivity index (χ1n) is 8.87. The van der Waals surface area contributed by atoms with Crippen LogP contribution in [-0.4, -0.2) is 15.7 Å². The average Bonchev–Trinajstić information content (AvgIpc) is 3.40. The Bertz CT molecular complexity index is 898. The summed E-state index contributed by atoms with van der Waals surface area (Å²) in [5.41, 5.74) is 1.95. The smallest absolute Gasteiger partial charge is 0.254 e. The van der Waals surface area contributed by atoms with Crippen molar-refractivity contribution < 1.29 is 9.18 Å². The van der Waals surface area contributed by atoms with Crippen molar-refractivity contribution in [2.45, 2.75) is 38.3 Å². The van der Waals surface area contributed by atoms with E-state index in [2.05, 4.69) is 21.4 Å². The first-order valence-corrected chi connectivity index (χ1v) is 9.75. The molecule has 0 saturated heterocycles. The molecule has 0 unspecified atom stereocenters. The third-order valence-electron chi connectivity index (χ3n) is 4.78. The molecular weight excluding hydrogens is 349 g/mol. The third kappa shape index (κ3) is 3.42. The van der Waals surface area contributed by atoms with Gasteiger partial charge < -0.3 is 5.32 Å². The van der Waals surface area contributed by atoms with Crippen molar-refractivity contribution in [2.24, 2.45) is 0 Å². The number of halogens is 1. The molecule has 0 bridgehead atoms. The second-order valence-corrected chi connectivity index (χ2v) is 7.49. The molecule has 0 aliphatic heterocycles. The standard InChI is InChI=1S/C20H20FN3OS/c21-17-9-4-3-8-16(17)20(25)22-13-14-12-18(19-10-5-11-26-19)24(23-14)15-6-1-2-7-15/h3-5,8-12,15H,1-2,6-7,13H2,(H,22,25). The summed E-state index contributed by atoms with van der Waals surface area (Å²) in [4.78, 5) is 13.4. The van der Waals surface area contributed by atoms with Crippen molar-refractivity contribution in [1.29, 1.82) is 0 Å². The summed E-state index contributed by atoms with van der Waals surface area (Å²) in [6.45, 7) is 0.283. The van der Waals surface area contributed by atoms with Crippen LogP contribution in [0.3, 0.4) is 0 Å². The number of aromatic nitrogens is 2. The number of hydrogen-bond acceptors (Lipinski definition) is 3. The molecule has 1 aromatic carbocycles. The fraction of sp³-hybridized carbons (Fsp3) is 0.300. The van der Waals surface area contributed by atoms with Gasteiger partial charge in [-0.25, -0.2) is 4.39 Å². The molecule has 1 amide bonds. The van der Waals surface area contributed by atoms with E-state index in [0.717, 1.165) is 24.2 Å². The van der Waals surface area contributed by atoms with Gasteiger partial charge >= 0.3 is 0 Å². The Morgan fingerprint density at radius 1 is 1.23 bits per heavy atom. The highest BCUT2D eigenvalue weighted by Crippen LogP contribution is 2.35. The normalized spacial score (nSPS) is 14.7. The molecule has 1 saturated carbocycles. The molecule has 134 valence electrons. The third-order valence-corrected chi connectivity index (χ3v) is 5.67. The van der Waals surface area contributed by atoms with Crippen molar-refractivity contribution in [3.05, 3.63) is 64.9 Å². The second kappa shape index (κ2) is 7.41. The van der Waals surface area contributed by atoms with Gasteiger partial charge in [-0.05, 0) is 42.5 Å². The van der Waals surface area contributed by atoms with E-state index in [4.69, 9.17) is 5.10 Å². The van der Waals surface area contributed by atoms with E-state index in [-0.39, 0.29) is 12.1 Å². The maximum atomic E-state index is 13.7. The van der Waals surface area contributed by atoms with Gasteiger partial charge in [-0.3, -0.25) is 9.48 Å². The lowest BCUT2D eigenvalue weighted by Gasteiger charge is -2.13. The lowest BCUT2D eigenvalue weighted by molar-refractivity contribution is 0.0946. The molecule has 1 fully saturated rings. The van der Waals surface area contributed by atoms with E-state index >= 15 is 0 Å². The predicted octanol–water partition coefficient (Wildman–Crippen LogP) is 4.80. The summed E-state index contributed by atoms with van der Waals surface area (Å²) in [7, 11) is 0. The molecule has 4 rings (SSSR count). The molecular formula is C20H20FN3OS. The Morgan fingerprint density at radius 2 is 2.04 bits per heavy atom. The lowest BCUT2D eigenvalue weighted by atomic mass is 10.2. The highest BCUT2D eigenvalue weighted by Gasteiger charge is 2.22. The van der Waals surface area contributed by atoms with Gasteiger partial charge in [0.15, 0.2) is 0 Å². The van der Waals surface area contributed by atoms with Gasteiger partial charge in [0.1, 0.15) is 5.82 Å². The molecule has 2 aromatic heterocycles. The van der Waals surface area contributed by atoms with Crippen LogP contribution in [0.4, 0.5) is 4.39 Å². The van der Waals surface area contributed by atoms with Crippen LogP contribution < -0.4 is 5.32 Å². The summed E-state index contributed by atoms with van der Waals surface area (Å²) < 4.78 is 15.9. The molecule has 0 radical (unpaired) electrons. The number of nitrogens with zero attached hydrogens (tertiary/aromatic N) is 2. The van der Waals surface area contributed by atoms with Gasteiger partial charge in [0, 0.05) is 0 Å².